The minimum atomic E-state index is -0.786. The van der Waals surface area contributed by atoms with Crippen LogP contribution in [-0.4, -0.2) is 39.1 Å². The van der Waals surface area contributed by atoms with Crippen LogP contribution in [0.15, 0.2) is 42.5 Å². The van der Waals surface area contributed by atoms with Crippen LogP contribution >= 0.6 is 0 Å². The number of imidazole rings is 1. The molecule has 0 saturated carbocycles. The second kappa shape index (κ2) is 8.97. The summed E-state index contributed by atoms with van der Waals surface area (Å²) in [4.78, 5) is 25.8. The molecule has 3 heterocycles. The maximum Gasteiger partial charge on any atom is 0.304 e. The van der Waals surface area contributed by atoms with Gasteiger partial charge in [-0.1, -0.05) is 30.3 Å². The molecule has 34 heavy (non-hydrogen) atoms. The molecule has 0 aliphatic carbocycles. The van der Waals surface area contributed by atoms with Crippen LogP contribution in [0.4, 0.5) is 16.0 Å². The first-order valence-electron chi connectivity index (χ1n) is 11.0. The van der Waals surface area contributed by atoms with Gasteiger partial charge in [-0.2, -0.15) is 15.0 Å². The van der Waals surface area contributed by atoms with E-state index in [2.05, 4.69) is 15.6 Å². The van der Waals surface area contributed by atoms with Crippen molar-refractivity contribution in [3.63, 3.8) is 0 Å². The number of ether oxygens (including phenoxy) is 1. The van der Waals surface area contributed by atoms with Crippen LogP contribution in [0.5, 0.6) is 6.01 Å². The second-order valence-electron chi connectivity index (χ2n) is 8.04. The first kappa shape index (κ1) is 21.6. The van der Waals surface area contributed by atoms with Crippen LogP contribution in [0.2, 0.25) is 0 Å². The fourth-order valence-electron chi connectivity index (χ4n) is 4.16. The van der Waals surface area contributed by atoms with E-state index in [1.807, 2.05) is 30.3 Å². The number of hydrogen-bond donors (Lipinski definition) is 3. The van der Waals surface area contributed by atoms with E-state index in [1.54, 1.807) is 0 Å². The predicted octanol–water partition coefficient (Wildman–Crippen LogP) is 3.42. The molecular formula is C24H24FN7O2. The Hall–Kier alpha value is -4.21. The van der Waals surface area contributed by atoms with Crippen molar-refractivity contribution < 1.29 is 13.9 Å². The lowest BCUT2D eigenvalue weighted by molar-refractivity contribution is 0.100. The first-order valence-corrected chi connectivity index (χ1v) is 11.0. The Morgan fingerprint density at radius 3 is 2.79 bits per heavy atom. The summed E-state index contributed by atoms with van der Waals surface area (Å²) in [6.45, 7) is 1.36. The van der Waals surface area contributed by atoms with E-state index < -0.39 is 11.7 Å². The van der Waals surface area contributed by atoms with E-state index >= 15 is 0 Å². The predicted molar refractivity (Wildman–Crippen MR) is 127 cm³/mol. The van der Waals surface area contributed by atoms with Gasteiger partial charge in [0, 0.05) is 24.7 Å². The second-order valence-corrected chi connectivity index (χ2v) is 8.04. The van der Waals surface area contributed by atoms with E-state index in [4.69, 9.17) is 20.4 Å². The molecule has 174 valence electrons. The minimum absolute atomic E-state index is 0.0395. The maximum atomic E-state index is 14.4. The van der Waals surface area contributed by atoms with Crippen LogP contribution in [0, 0.1) is 5.82 Å². The summed E-state index contributed by atoms with van der Waals surface area (Å²) in [6, 6.07) is 12.4. The summed E-state index contributed by atoms with van der Waals surface area (Å²) in [6.07, 6.45) is 2.84. The molecule has 5 rings (SSSR count). The van der Waals surface area contributed by atoms with Crippen molar-refractivity contribution in [3.8, 4) is 12.0 Å². The molecule has 0 fully saturated rings. The minimum Gasteiger partial charge on any atom is -0.468 e. The molecule has 0 bridgehead atoms. The van der Waals surface area contributed by atoms with Crippen molar-refractivity contribution >= 4 is 28.6 Å². The number of carbonyl (C=O) groups excluding carboxylic acids is 1. The van der Waals surface area contributed by atoms with Crippen LogP contribution in [0.3, 0.4) is 0 Å². The van der Waals surface area contributed by atoms with E-state index in [0.717, 1.165) is 43.0 Å². The number of nitrogens with zero attached hydrogens (tertiary/aromatic N) is 4. The van der Waals surface area contributed by atoms with Crippen molar-refractivity contribution in [3.05, 3.63) is 65.0 Å². The zero-order valence-corrected chi connectivity index (χ0v) is 18.6. The van der Waals surface area contributed by atoms with E-state index in [1.165, 1.54) is 17.7 Å². The van der Waals surface area contributed by atoms with E-state index in [0.29, 0.717) is 18.2 Å². The maximum absolute atomic E-state index is 14.4. The molecule has 1 aliphatic rings. The lowest BCUT2D eigenvalue weighted by atomic mass is 10.1. The average Bonchev–Trinajstić information content (AvgIpc) is 3.03. The van der Waals surface area contributed by atoms with Crippen LogP contribution in [-0.2, 0) is 13.0 Å². The fourth-order valence-corrected chi connectivity index (χ4v) is 4.16. The number of halogens is 1. The number of nitrogens with two attached hydrogens (primary N) is 1. The molecule has 1 amide bonds. The van der Waals surface area contributed by atoms with Gasteiger partial charge in [-0.25, -0.2) is 8.96 Å². The molecule has 9 nitrogen and oxygen atoms in total. The summed E-state index contributed by atoms with van der Waals surface area (Å²) in [7, 11) is 1.44. The Kier molecular flexibility index (Phi) is 5.70. The molecule has 4 N–H and O–H groups in total. The zero-order chi connectivity index (χ0) is 23.7. The van der Waals surface area contributed by atoms with Crippen molar-refractivity contribution in [2.24, 2.45) is 5.73 Å². The van der Waals surface area contributed by atoms with Crippen LogP contribution in [0.1, 0.15) is 34.3 Å². The Morgan fingerprint density at radius 2 is 2.03 bits per heavy atom. The molecular weight excluding hydrogens is 437 g/mol. The highest BCUT2D eigenvalue weighted by atomic mass is 19.1. The standard InChI is InChI=1S/C24H24FN7O2/c1-34-24-29-19-17(20(26)33)11-15(25)12-18(19)32(24)23-30-21-16(9-5-6-10-27-21)22(31-23)28-13-14-7-3-2-4-8-14/h2-4,7-8,11-12H,5-6,9-10,13H2,1H3,(H2,26,33)(H2,27,28,30,31). The number of nitrogens with one attached hydrogen (secondary N) is 2. The number of rotatable bonds is 6. The van der Waals surface area contributed by atoms with Gasteiger partial charge in [-0.3, -0.25) is 4.79 Å². The number of fused-ring (bicyclic) bond motifs is 2. The molecule has 0 saturated heterocycles. The highest BCUT2D eigenvalue weighted by Gasteiger charge is 2.24. The number of benzene rings is 2. The number of carbonyl (C=O) groups is 1. The van der Waals surface area contributed by atoms with Crippen molar-refractivity contribution in [1.29, 1.82) is 0 Å². The van der Waals surface area contributed by atoms with Gasteiger partial charge in [0.25, 0.3) is 5.91 Å². The van der Waals surface area contributed by atoms with Gasteiger partial charge in [0.1, 0.15) is 23.0 Å². The summed E-state index contributed by atoms with van der Waals surface area (Å²) >= 11 is 0. The summed E-state index contributed by atoms with van der Waals surface area (Å²) < 4.78 is 21.4. The lowest BCUT2D eigenvalue weighted by Gasteiger charge is -2.16. The third-order valence-electron chi connectivity index (χ3n) is 5.79. The number of anilines is 2. The highest BCUT2D eigenvalue weighted by Crippen LogP contribution is 2.32. The molecule has 0 spiro atoms. The molecule has 4 aromatic rings. The highest BCUT2D eigenvalue weighted by molar-refractivity contribution is 6.04. The van der Waals surface area contributed by atoms with Crippen molar-refractivity contribution in [2.45, 2.75) is 25.8 Å². The molecule has 2 aromatic heterocycles. The normalized spacial score (nSPS) is 13.1. The Balaban J connectivity index is 1.68. The molecule has 0 atom stereocenters. The summed E-state index contributed by atoms with van der Waals surface area (Å²) in [5.41, 5.74) is 8.03. The third kappa shape index (κ3) is 3.98. The fraction of sp³-hybridized carbons (Fsp3) is 0.250. The van der Waals surface area contributed by atoms with Gasteiger partial charge in [0.05, 0.1) is 18.2 Å². The summed E-state index contributed by atoms with van der Waals surface area (Å²) in [5.74, 6) is 0.207. The van der Waals surface area contributed by atoms with Gasteiger partial charge in [0.2, 0.25) is 5.95 Å². The number of hydrogen-bond acceptors (Lipinski definition) is 7. The van der Waals surface area contributed by atoms with Gasteiger partial charge in [-0.15, -0.1) is 0 Å². The van der Waals surface area contributed by atoms with Crippen molar-refractivity contribution in [2.75, 3.05) is 24.3 Å². The molecule has 10 heteroatoms. The Labute approximate surface area is 195 Å². The molecule has 0 radical (unpaired) electrons. The molecule has 0 unspecified atom stereocenters. The molecule has 2 aromatic carbocycles. The smallest absolute Gasteiger partial charge is 0.304 e. The van der Waals surface area contributed by atoms with Crippen LogP contribution in [0.25, 0.3) is 17.0 Å². The van der Waals surface area contributed by atoms with Gasteiger partial charge in [-0.05, 0) is 30.9 Å². The van der Waals surface area contributed by atoms with Gasteiger partial charge < -0.3 is 21.1 Å². The Morgan fingerprint density at radius 1 is 1.21 bits per heavy atom. The average molecular weight is 462 g/mol. The Bertz CT molecular complexity index is 1370. The number of methoxy groups -OCH3 is 1. The van der Waals surface area contributed by atoms with Gasteiger partial charge >= 0.3 is 6.01 Å². The lowest BCUT2D eigenvalue weighted by Crippen LogP contribution is -2.14. The quantitative estimate of drug-likeness (QED) is 0.402. The largest absolute Gasteiger partial charge is 0.468 e. The van der Waals surface area contributed by atoms with Gasteiger partial charge in [0.15, 0.2) is 0 Å². The van der Waals surface area contributed by atoms with E-state index in [-0.39, 0.29) is 28.6 Å². The number of aromatic nitrogens is 4. The monoisotopic (exact) mass is 461 g/mol. The third-order valence-corrected chi connectivity index (χ3v) is 5.79. The van der Waals surface area contributed by atoms with Crippen molar-refractivity contribution in [1.82, 2.24) is 19.5 Å². The molecule has 1 aliphatic heterocycles. The SMILES string of the molecule is COc1nc2c(C(N)=O)cc(F)cc2n1-c1nc2c(c(NCc3ccccc3)n1)CCCCN2. The van der Waals surface area contributed by atoms with E-state index in [9.17, 15) is 9.18 Å². The van der Waals surface area contributed by atoms with Crippen LogP contribution < -0.4 is 21.1 Å². The first-order chi connectivity index (χ1) is 16.5. The number of amides is 1. The summed E-state index contributed by atoms with van der Waals surface area (Å²) in [5, 5.41) is 6.81. The zero-order valence-electron chi connectivity index (χ0n) is 18.6. The topological polar surface area (TPSA) is 120 Å². The number of primary amides is 1.